The molecule has 0 unspecified atom stereocenters. The van der Waals surface area contributed by atoms with Gasteiger partial charge in [0.25, 0.3) is 0 Å². The van der Waals surface area contributed by atoms with E-state index in [0.29, 0.717) is 12.0 Å². The number of nitrogens with zero attached hydrogens (tertiary/aromatic N) is 1. The predicted octanol–water partition coefficient (Wildman–Crippen LogP) is 2.54. The summed E-state index contributed by atoms with van der Waals surface area (Å²) < 4.78 is 5.42. The molecule has 1 aliphatic heterocycles. The van der Waals surface area contributed by atoms with Crippen LogP contribution in [0, 0.1) is 0 Å². The zero-order valence-electron chi connectivity index (χ0n) is 9.17. The Hall–Kier alpha value is -2.16. The van der Waals surface area contributed by atoms with E-state index in [0.717, 1.165) is 11.3 Å². The molecule has 17 heavy (non-hydrogen) atoms. The highest BCUT2D eigenvalue weighted by Gasteiger charge is 2.27. The molecule has 1 aliphatic rings. The number of hydrogen-bond donors (Lipinski definition) is 0. The first-order chi connectivity index (χ1) is 8.34. The van der Waals surface area contributed by atoms with Crippen molar-refractivity contribution in [1.82, 2.24) is 4.98 Å². The van der Waals surface area contributed by atoms with Crippen molar-refractivity contribution in [3.8, 4) is 0 Å². The maximum Gasteiger partial charge on any atom is 0.340 e. The first-order valence-electron chi connectivity index (χ1n) is 5.54. The number of aromatic nitrogens is 1. The van der Waals surface area contributed by atoms with Crippen LogP contribution >= 0.6 is 0 Å². The molecule has 1 aromatic carbocycles. The van der Waals surface area contributed by atoms with Gasteiger partial charge in [0.05, 0.1) is 11.3 Å². The number of carbonyl (C=O) groups excluding carboxylic acids is 1. The smallest absolute Gasteiger partial charge is 0.340 e. The fraction of sp³-hybridized carbons (Fsp3) is 0.143. The number of ether oxygens (including phenoxy) is 1. The van der Waals surface area contributed by atoms with Gasteiger partial charge >= 0.3 is 5.97 Å². The molecule has 0 amide bonds. The largest absolute Gasteiger partial charge is 0.453 e. The lowest BCUT2D eigenvalue weighted by Gasteiger charge is -2.23. The Bertz CT molecular complexity index is 551. The zero-order chi connectivity index (χ0) is 11.7. The van der Waals surface area contributed by atoms with Crippen molar-refractivity contribution in [2.24, 2.45) is 0 Å². The van der Waals surface area contributed by atoms with Gasteiger partial charge in [-0.1, -0.05) is 30.3 Å². The van der Waals surface area contributed by atoms with E-state index in [2.05, 4.69) is 4.98 Å². The van der Waals surface area contributed by atoms with E-state index in [4.69, 9.17) is 4.74 Å². The number of carbonyl (C=O) groups is 1. The van der Waals surface area contributed by atoms with Gasteiger partial charge in [0.15, 0.2) is 0 Å². The van der Waals surface area contributed by atoms with E-state index in [1.807, 2.05) is 30.3 Å². The van der Waals surface area contributed by atoms with E-state index in [1.54, 1.807) is 18.3 Å². The average molecular weight is 225 g/mol. The van der Waals surface area contributed by atoms with E-state index < -0.39 is 0 Å². The summed E-state index contributed by atoms with van der Waals surface area (Å²) in [5.41, 5.74) is 2.41. The molecule has 0 spiro atoms. The summed E-state index contributed by atoms with van der Waals surface area (Å²) in [5.74, 6) is -0.284. The minimum atomic E-state index is -0.284. The van der Waals surface area contributed by atoms with Crippen LogP contribution in [0.1, 0.15) is 27.7 Å². The van der Waals surface area contributed by atoms with Crippen molar-refractivity contribution < 1.29 is 9.53 Å². The second-order valence-corrected chi connectivity index (χ2v) is 4.01. The number of rotatable bonds is 1. The molecule has 3 nitrogen and oxygen atoms in total. The molecule has 0 N–H and O–H groups in total. The molecule has 2 heterocycles. The molecule has 3 heteroatoms. The maximum atomic E-state index is 11.8. The molecular weight excluding hydrogens is 214 g/mol. The number of cyclic esters (lactones) is 1. The second-order valence-electron chi connectivity index (χ2n) is 4.01. The Morgan fingerprint density at radius 1 is 1.12 bits per heavy atom. The predicted molar refractivity (Wildman–Crippen MR) is 62.5 cm³/mol. The summed E-state index contributed by atoms with van der Waals surface area (Å²) in [7, 11) is 0. The quantitative estimate of drug-likeness (QED) is 0.700. The number of esters is 1. The molecule has 0 radical (unpaired) electrons. The molecule has 3 rings (SSSR count). The van der Waals surface area contributed by atoms with Gasteiger partial charge in [-0.2, -0.15) is 0 Å². The van der Waals surface area contributed by atoms with Crippen molar-refractivity contribution in [3.05, 3.63) is 65.5 Å². The van der Waals surface area contributed by atoms with Gasteiger partial charge in [0, 0.05) is 12.6 Å². The van der Waals surface area contributed by atoms with Gasteiger partial charge in [-0.25, -0.2) is 4.79 Å². The molecule has 0 saturated carbocycles. The number of hydrogen-bond acceptors (Lipinski definition) is 3. The molecule has 0 saturated heterocycles. The topological polar surface area (TPSA) is 39.2 Å². The lowest BCUT2D eigenvalue weighted by molar-refractivity contribution is 0.0248. The summed E-state index contributed by atoms with van der Waals surface area (Å²) in [6.45, 7) is 0. The molecule has 0 bridgehead atoms. The molecule has 84 valence electrons. The van der Waals surface area contributed by atoms with Gasteiger partial charge in [0.1, 0.15) is 6.10 Å². The standard InChI is InChI=1S/C14H11NO2/c16-14-11-7-4-8-15-12(11)9-13(17-14)10-5-2-1-3-6-10/h1-8,13H,9H2/t13-/m1/s1. The summed E-state index contributed by atoms with van der Waals surface area (Å²) >= 11 is 0. The fourth-order valence-corrected chi connectivity index (χ4v) is 2.05. The van der Waals surface area contributed by atoms with Gasteiger partial charge < -0.3 is 4.74 Å². The minimum absolute atomic E-state index is 0.217. The second kappa shape index (κ2) is 4.01. The third-order valence-electron chi connectivity index (χ3n) is 2.91. The summed E-state index contributed by atoms with van der Waals surface area (Å²) in [6, 6.07) is 13.3. The molecular formula is C14H11NO2. The number of pyridine rings is 1. The van der Waals surface area contributed by atoms with Crippen molar-refractivity contribution in [2.45, 2.75) is 12.5 Å². The van der Waals surface area contributed by atoms with Crippen LogP contribution in [0.25, 0.3) is 0 Å². The summed E-state index contributed by atoms with van der Waals surface area (Å²) in [5, 5.41) is 0. The highest BCUT2D eigenvalue weighted by Crippen LogP contribution is 2.28. The highest BCUT2D eigenvalue weighted by atomic mass is 16.5. The van der Waals surface area contributed by atoms with E-state index in [9.17, 15) is 4.79 Å². The maximum absolute atomic E-state index is 11.8. The Balaban J connectivity index is 1.97. The van der Waals surface area contributed by atoms with E-state index in [-0.39, 0.29) is 12.1 Å². The number of fused-ring (bicyclic) bond motifs is 1. The fourth-order valence-electron chi connectivity index (χ4n) is 2.05. The van der Waals surface area contributed by atoms with Crippen LogP contribution in [0.15, 0.2) is 48.7 Å². The highest BCUT2D eigenvalue weighted by molar-refractivity contribution is 5.91. The normalized spacial score (nSPS) is 18.4. The molecule has 2 aromatic rings. The van der Waals surface area contributed by atoms with Crippen LogP contribution < -0.4 is 0 Å². The zero-order valence-corrected chi connectivity index (χ0v) is 9.17. The van der Waals surface area contributed by atoms with Gasteiger partial charge in [-0.15, -0.1) is 0 Å². The van der Waals surface area contributed by atoms with Crippen LogP contribution in [0.5, 0.6) is 0 Å². The van der Waals surface area contributed by atoms with Crippen molar-refractivity contribution in [3.63, 3.8) is 0 Å². The minimum Gasteiger partial charge on any atom is -0.453 e. The average Bonchev–Trinajstić information content (AvgIpc) is 2.40. The van der Waals surface area contributed by atoms with E-state index in [1.165, 1.54) is 0 Å². The van der Waals surface area contributed by atoms with Crippen LogP contribution in [0.2, 0.25) is 0 Å². The van der Waals surface area contributed by atoms with Gasteiger partial charge in [0.2, 0.25) is 0 Å². The van der Waals surface area contributed by atoms with Crippen molar-refractivity contribution in [2.75, 3.05) is 0 Å². The monoisotopic (exact) mass is 225 g/mol. The first-order valence-corrected chi connectivity index (χ1v) is 5.54. The van der Waals surface area contributed by atoms with Gasteiger partial charge in [-0.3, -0.25) is 4.98 Å². The van der Waals surface area contributed by atoms with Crippen LogP contribution in [-0.4, -0.2) is 11.0 Å². The van der Waals surface area contributed by atoms with Crippen molar-refractivity contribution >= 4 is 5.97 Å². The first kappa shape index (κ1) is 10.0. The Morgan fingerprint density at radius 2 is 1.94 bits per heavy atom. The van der Waals surface area contributed by atoms with Crippen molar-refractivity contribution in [1.29, 1.82) is 0 Å². The molecule has 0 aliphatic carbocycles. The van der Waals surface area contributed by atoms with Gasteiger partial charge in [-0.05, 0) is 17.7 Å². The van der Waals surface area contributed by atoms with Crippen LogP contribution in [-0.2, 0) is 11.2 Å². The molecule has 1 atom stereocenters. The Kier molecular flexibility index (Phi) is 2.37. The molecule has 1 aromatic heterocycles. The Labute approximate surface area is 99.1 Å². The molecule has 0 fully saturated rings. The number of benzene rings is 1. The SMILES string of the molecule is O=C1O[C@@H](c2ccccc2)Cc2ncccc21. The summed E-state index contributed by atoms with van der Waals surface area (Å²) in [4.78, 5) is 16.1. The third kappa shape index (κ3) is 1.80. The summed E-state index contributed by atoms with van der Waals surface area (Å²) in [6.07, 6.45) is 2.14. The van der Waals surface area contributed by atoms with Crippen LogP contribution in [0.4, 0.5) is 0 Å². The lowest BCUT2D eigenvalue weighted by Crippen LogP contribution is -2.22. The lowest BCUT2D eigenvalue weighted by atomic mass is 9.99. The Morgan fingerprint density at radius 3 is 2.76 bits per heavy atom. The van der Waals surface area contributed by atoms with E-state index >= 15 is 0 Å². The third-order valence-corrected chi connectivity index (χ3v) is 2.91. The van der Waals surface area contributed by atoms with Crippen LogP contribution in [0.3, 0.4) is 0 Å².